The van der Waals surface area contributed by atoms with E-state index >= 15 is 0 Å². The van der Waals surface area contributed by atoms with Crippen molar-refractivity contribution in [2.75, 3.05) is 6.54 Å². The van der Waals surface area contributed by atoms with Crippen molar-refractivity contribution in [1.29, 1.82) is 0 Å². The van der Waals surface area contributed by atoms with Crippen LogP contribution < -0.4 is 5.32 Å². The van der Waals surface area contributed by atoms with Crippen molar-refractivity contribution in [3.8, 4) is 11.3 Å². The summed E-state index contributed by atoms with van der Waals surface area (Å²) in [6.07, 6.45) is 11.0. The predicted molar refractivity (Wildman–Crippen MR) is 104 cm³/mol. The Kier molecular flexibility index (Phi) is 4.79. The minimum Gasteiger partial charge on any atom is -0.351 e. The van der Waals surface area contributed by atoms with Crippen LogP contribution in [0.25, 0.3) is 11.3 Å². The average Bonchev–Trinajstić information content (AvgIpc) is 3.41. The number of aromatic amines is 1. The van der Waals surface area contributed by atoms with E-state index in [0.29, 0.717) is 17.8 Å². The van der Waals surface area contributed by atoms with E-state index in [1.807, 2.05) is 19.3 Å². The van der Waals surface area contributed by atoms with Crippen molar-refractivity contribution in [1.82, 2.24) is 25.3 Å². The Balaban J connectivity index is 1.47. The molecule has 1 saturated carbocycles. The van der Waals surface area contributed by atoms with Gasteiger partial charge in [-0.15, -0.1) is 0 Å². The second-order valence-corrected chi connectivity index (χ2v) is 7.61. The highest BCUT2D eigenvalue weighted by Crippen LogP contribution is 2.40. The molecular formula is C21H25N5O. The number of hydrogen-bond acceptors (Lipinski definition) is 3. The van der Waals surface area contributed by atoms with E-state index in [4.69, 9.17) is 0 Å². The number of carbonyl (C=O) groups excluding carboxylic acids is 1. The van der Waals surface area contributed by atoms with Crippen molar-refractivity contribution in [2.45, 2.75) is 32.1 Å². The minimum atomic E-state index is -0.0815. The molecule has 0 bridgehead atoms. The van der Waals surface area contributed by atoms with E-state index in [9.17, 15) is 4.79 Å². The Morgan fingerprint density at radius 3 is 2.70 bits per heavy atom. The van der Waals surface area contributed by atoms with Crippen LogP contribution in [0.15, 0.2) is 48.9 Å². The fourth-order valence-corrected chi connectivity index (χ4v) is 4.16. The molecule has 2 aromatic heterocycles. The van der Waals surface area contributed by atoms with Gasteiger partial charge in [0.25, 0.3) is 5.91 Å². The first kappa shape index (κ1) is 17.5. The molecule has 1 amide bonds. The van der Waals surface area contributed by atoms with Crippen LogP contribution in [-0.4, -0.2) is 32.4 Å². The molecule has 27 heavy (non-hydrogen) atoms. The molecule has 0 aliphatic heterocycles. The van der Waals surface area contributed by atoms with Crippen molar-refractivity contribution in [3.05, 3.63) is 60.0 Å². The number of nitrogens with one attached hydrogen (secondary N) is 2. The van der Waals surface area contributed by atoms with Crippen molar-refractivity contribution >= 4 is 5.91 Å². The lowest BCUT2D eigenvalue weighted by Crippen LogP contribution is -2.37. The Morgan fingerprint density at radius 1 is 1.22 bits per heavy atom. The number of hydrogen-bond donors (Lipinski definition) is 2. The van der Waals surface area contributed by atoms with Gasteiger partial charge in [0, 0.05) is 25.4 Å². The van der Waals surface area contributed by atoms with Gasteiger partial charge >= 0.3 is 0 Å². The van der Waals surface area contributed by atoms with Crippen LogP contribution >= 0.6 is 0 Å². The zero-order valence-corrected chi connectivity index (χ0v) is 15.6. The van der Waals surface area contributed by atoms with Crippen molar-refractivity contribution in [3.63, 3.8) is 0 Å². The molecule has 0 saturated heterocycles. The standard InChI is InChI=1S/C21H25N5O/c1-26-14-17(12-24-26)19-18(13-23-25-19)20(27)22-15-21(9-5-6-10-21)11-16-7-3-2-4-8-16/h2-4,7-8,12-14H,5-6,9-11,15H2,1H3,(H,22,27)(H,23,25). The fraction of sp³-hybridized carbons (Fsp3) is 0.381. The highest BCUT2D eigenvalue weighted by molar-refractivity contribution is 5.99. The number of H-pyrrole nitrogens is 1. The van der Waals surface area contributed by atoms with Crippen LogP contribution in [0.2, 0.25) is 0 Å². The summed E-state index contributed by atoms with van der Waals surface area (Å²) in [6.45, 7) is 0.693. The summed E-state index contributed by atoms with van der Waals surface area (Å²) in [5.74, 6) is -0.0815. The van der Waals surface area contributed by atoms with E-state index in [0.717, 1.165) is 24.8 Å². The zero-order valence-electron chi connectivity index (χ0n) is 15.6. The molecule has 0 unspecified atom stereocenters. The van der Waals surface area contributed by atoms with Gasteiger partial charge in [-0.3, -0.25) is 14.6 Å². The lowest BCUT2D eigenvalue weighted by Gasteiger charge is -2.29. The Morgan fingerprint density at radius 2 is 2.00 bits per heavy atom. The first-order valence-electron chi connectivity index (χ1n) is 9.50. The largest absolute Gasteiger partial charge is 0.351 e. The number of carbonyl (C=O) groups is 1. The zero-order chi connectivity index (χ0) is 18.7. The van der Waals surface area contributed by atoms with Gasteiger partial charge in [-0.1, -0.05) is 43.2 Å². The molecule has 1 aromatic carbocycles. The second kappa shape index (κ2) is 7.39. The summed E-state index contributed by atoms with van der Waals surface area (Å²) in [6, 6.07) is 10.6. The van der Waals surface area contributed by atoms with Gasteiger partial charge in [-0.2, -0.15) is 10.2 Å². The number of aryl methyl sites for hydroxylation is 1. The maximum absolute atomic E-state index is 12.9. The van der Waals surface area contributed by atoms with Crippen LogP contribution in [0.4, 0.5) is 0 Å². The predicted octanol–water partition coefficient (Wildman–Crippen LogP) is 3.34. The molecule has 140 valence electrons. The maximum atomic E-state index is 12.9. The Bertz CT molecular complexity index is 906. The van der Waals surface area contributed by atoms with Gasteiger partial charge in [0.2, 0.25) is 0 Å². The maximum Gasteiger partial charge on any atom is 0.255 e. The normalized spacial score (nSPS) is 15.7. The van der Waals surface area contributed by atoms with Crippen molar-refractivity contribution in [2.24, 2.45) is 12.5 Å². The van der Waals surface area contributed by atoms with Gasteiger partial charge in [-0.05, 0) is 30.2 Å². The molecule has 2 heterocycles. The number of amides is 1. The third-order valence-corrected chi connectivity index (χ3v) is 5.59. The first-order valence-corrected chi connectivity index (χ1v) is 9.50. The highest BCUT2D eigenvalue weighted by Gasteiger charge is 2.34. The van der Waals surface area contributed by atoms with E-state index < -0.39 is 0 Å². The lowest BCUT2D eigenvalue weighted by molar-refractivity contribution is 0.0930. The number of benzene rings is 1. The van der Waals surface area contributed by atoms with E-state index in [1.165, 1.54) is 18.4 Å². The van der Waals surface area contributed by atoms with Crippen LogP contribution in [0.5, 0.6) is 0 Å². The highest BCUT2D eigenvalue weighted by atomic mass is 16.1. The molecule has 0 radical (unpaired) electrons. The quantitative estimate of drug-likeness (QED) is 0.705. The van der Waals surface area contributed by atoms with Crippen LogP contribution in [0.3, 0.4) is 0 Å². The Labute approximate surface area is 159 Å². The van der Waals surface area contributed by atoms with Gasteiger partial charge in [-0.25, -0.2) is 0 Å². The van der Waals surface area contributed by atoms with Gasteiger partial charge < -0.3 is 5.32 Å². The number of aromatic nitrogens is 4. The molecule has 1 aliphatic rings. The van der Waals surface area contributed by atoms with E-state index in [-0.39, 0.29) is 11.3 Å². The summed E-state index contributed by atoms with van der Waals surface area (Å²) in [5.41, 5.74) is 3.63. The van der Waals surface area contributed by atoms with Gasteiger partial charge in [0.15, 0.2) is 0 Å². The molecule has 0 atom stereocenters. The molecule has 0 spiro atoms. The number of nitrogens with zero attached hydrogens (tertiary/aromatic N) is 3. The van der Waals surface area contributed by atoms with Gasteiger partial charge in [0.05, 0.1) is 23.7 Å². The molecular weight excluding hydrogens is 338 g/mol. The average molecular weight is 363 g/mol. The molecule has 3 aromatic rings. The molecule has 4 rings (SSSR count). The van der Waals surface area contributed by atoms with Crippen LogP contribution in [-0.2, 0) is 13.5 Å². The van der Waals surface area contributed by atoms with E-state index in [1.54, 1.807) is 17.1 Å². The molecule has 1 fully saturated rings. The third-order valence-electron chi connectivity index (χ3n) is 5.59. The number of rotatable bonds is 6. The monoisotopic (exact) mass is 363 g/mol. The Hall–Kier alpha value is -2.89. The smallest absolute Gasteiger partial charge is 0.255 e. The second-order valence-electron chi connectivity index (χ2n) is 7.61. The minimum absolute atomic E-state index is 0.0815. The summed E-state index contributed by atoms with van der Waals surface area (Å²) in [7, 11) is 1.85. The summed E-state index contributed by atoms with van der Waals surface area (Å²) < 4.78 is 1.71. The van der Waals surface area contributed by atoms with Crippen LogP contribution in [0, 0.1) is 5.41 Å². The molecule has 1 aliphatic carbocycles. The summed E-state index contributed by atoms with van der Waals surface area (Å²) in [5, 5.41) is 14.4. The van der Waals surface area contributed by atoms with E-state index in [2.05, 4.69) is 44.9 Å². The molecule has 6 heteroatoms. The van der Waals surface area contributed by atoms with Crippen molar-refractivity contribution < 1.29 is 4.79 Å². The summed E-state index contributed by atoms with van der Waals surface area (Å²) in [4.78, 5) is 12.9. The third kappa shape index (κ3) is 3.79. The lowest BCUT2D eigenvalue weighted by atomic mass is 9.80. The first-order chi connectivity index (χ1) is 13.2. The SMILES string of the molecule is Cn1cc(-c2[nH]ncc2C(=O)NCC2(Cc3ccccc3)CCCC2)cn1. The topological polar surface area (TPSA) is 75.6 Å². The van der Waals surface area contributed by atoms with Crippen LogP contribution in [0.1, 0.15) is 41.6 Å². The molecule has 2 N–H and O–H groups in total. The summed E-state index contributed by atoms with van der Waals surface area (Å²) >= 11 is 0. The van der Waals surface area contributed by atoms with Gasteiger partial charge in [0.1, 0.15) is 0 Å². The fourth-order valence-electron chi connectivity index (χ4n) is 4.16. The molecule has 6 nitrogen and oxygen atoms in total.